The number of nitrogens with zero attached hydrogens (tertiary/aromatic N) is 3. The highest BCUT2D eigenvalue weighted by atomic mass is 32.1. The van der Waals surface area contributed by atoms with Crippen LogP contribution in [0.2, 0.25) is 0 Å². The van der Waals surface area contributed by atoms with Crippen LogP contribution in [-0.4, -0.2) is 31.7 Å². The van der Waals surface area contributed by atoms with Gasteiger partial charge >= 0.3 is 0 Å². The molecule has 0 amide bonds. The first-order chi connectivity index (χ1) is 12.2. The van der Waals surface area contributed by atoms with Crippen LogP contribution in [0.1, 0.15) is 12.5 Å². The normalized spacial score (nSPS) is 12.5. The van der Waals surface area contributed by atoms with Gasteiger partial charge in [-0.15, -0.1) is 22.7 Å². The molecule has 2 heterocycles. The Labute approximate surface area is 154 Å². The third-order valence-corrected chi connectivity index (χ3v) is 5.50. The highest BCUT2D eigenvalue weighted by Gasteiger charge is 2.12. The summed E-state index contributed by atoms with van der Waals surface area (Å²) in [7, 11) is 5.08. The monoisotopic (exact) mass is 373 g/mol. The van der Waals surface area contributed by atoms with Crippen molar-refractivity contribution in [2.24, 2.45) is 10.1 Å². The first-order valence-electron chi connectivity index (χ1n) is 7.63. The lowest BCUT2D eigenvalue weighted by Crippen LogP contribution is -2.14. The van der Waals surface area contributed by atoms with Crippen LogP contribution >= 0.6 is 22.7 Å². The predicted octanol–water partition coefficient (Wildman–Crippen LogP) is 4.10. The Hall–Kier alpha value is -2.38. The molecule has 0 atom stereocenters. The minimum atomic E-state index is 0.755. The van der Waals surface area contributed by atoms with E-state index >= 15 is 0 Å². The second-order valence-corrected chi connectivity index (χ2v) is 6.95. The molecule has 130 valence electrons. The van der Waals surface area contributed by atoms with E-state index in [0.29, 0.717) is 0 Å². The van der Waals surface area contributed by atoms with Crippen LogP contribution in [0, 0.1) is 0 Å². The molecule has 0 saturated carbocycles. The summed E-state index contributed by atoms with van der Waals surface area (Å²) in [6.45, 7) is 1.96. The molecular weight excluding hydrogens is 354 g/mol. The van der Waals surface area contributed by atoms with Crippen molar-refractivity contribution in [1.82, 2.24) is 4.68 Å². The fraction of sp³-hybridized carbons (Fsp3) is 0.222. The van der Waals surface area contributed by atoms with E-state index in [0.717, 1.165) is 38.1 Å². The van der Waals surface area contributed by atoms with Crippen LogP contribution in [-0.2, 0) is 0 Å². The van der Waals surface area contributed by atoms with Gasteiger partial charge in [-0.25, -0.2) is 4.68 Å². The number of hydrogen-bond acceptors (Lipinski definition) is 6. The highest BCUT2D eigenvalue weighted by molar-refractivity contribution is 7.14. The van der Waals surface area contributed by atoms with Crippen LogP contribution in [0.15, 0.2) is 51.2 Å². The van der Waals surface area contributed by atoms with Crippen molar-refractivity contribution in [2.75, 3.05) is 21.3 Å². The molecule has 0 aliphatic heterocycles. The molecule has 0 radical (unpaired) electrons. The summed E-state index contributed by atoms with van der Waals surface area (Å²) in [5, 5.41) is 8.96. The van der Waals surface area contributed by atoms with Crippen LogP contribution in [0.25, 0.3) is 10.6 Å². The van der Waals surface area contributed by atoms with Gasteiger partial charge in [0.15, 0.2) is 0 Å². The molecule has 0 spiro atoms. The van der Waals surface area contributed by atoms with Crippen LogP contribution in [0.5, 0.6) is 11.5 Å². The van der Waals surface area contributed by atoms with Crippen LogP contribution in [0.4, 0.5) is 0 Å². The number of methoxy groups -OCH3 is 2. The maximum atomic E-state index is 5.48. The first kappa shape index (κ1) is 17.4. The summed E-state index contributed by atoms with van der Waals surface area (Å²) in [4.78, 5) is 6.34. The molecule has 2 aromatic heterocycles. The minimum Gasteiger partial charge on any atom is -0.497 e. The van der Waals surface area contributed by atoms with Crippen molar-refractivity contribution >= 4 is 28.4 Å². The SMILES string of the molecule is CN=c1scc(-c2cccs2)n1N=C(C)c1cc(OC)ccc1OC. The summed E-state index contributed by atoms with van der Waals surface area (Å²) in [5.41, 5.74) is 2.74. The number of hydrogen-bond donors (Lipinski definition) is 0. The predicted molar refractivity (Wildman–Crippen MR) is 104 cm³/mol. The summed E-state index contributed by atoms with van der Waals surface area (Å²) in [6.07, 6.45) is 0. The fourth-order valence-electron chi connectivity index (χ4n) is 2.44. The number of aromatic nitrogens is 1. The lowest BCUT2D eigenvalue weighted by Gasteiger charge is -2.11. The molecule has 3 aromatic rings. The summed E-state index contributed by atoms with van der Waals surface area (Å²) >= 11 is 3.25. The van der Waals surface area contributed by atoms with Gasteiger partial charge in [0.2, 0.25) is 4.80 Å². The third kappa shape index (κ3) is 3.52. The Balaban J connectivity index is 2.14. The van der Waals surface area contributed by atoms with Crippen molar-refractivity contribution in [3.63, 3.8) is 0 Å². The van der Waals surface area contributed by atoms with E-state index in [9.17, 15) is 0 Å². The molecule has 0 fully saturated rings. The molecular formula is C18H19N3O2S2. The van der Waals surface area contributed by atoms with Crippen LogP contribution in [0.3, 0.4) is 0 Å². The molecule has 0 N–H and O–H groups in total. The van der Waals surface area contributed by atoms with E-state index in [1.807, 2.05) is 35.9 Å². The van der Waals surface area contributed by atoms with E-state index in [2.05, 4.69) is 21.8 Å². The first-order valence-corrected chi connectivity index (χ1v) is 9.39. The second kappa shape index (κ2) is 7.67. The van der Waals surface area contributed by atoms with Gasteiger partial charge in [0.05, 0.1) is 30.5 Å². The van der Waals surface area contributed by atoms with Gasteiger partial charge in [-0.1, -0.05) is 6.07 Å². The average molecular weight is 374 g/mol. The zero-order valence-electron chi connectivity index (χ0n) is 14.5. The summed E-state index contributed by atoms with van der Waals surface area (Å²) in [6, 6.07) is 9.80. The lowest BCUT2D eigenvalue weighted by molar-refractivity contribution is 0.402. The van der Waals surface area contributed by atoms with E-state index < -0.39 is 0 Å². The molecule has 3 rings (SSSR count). The van der Waals surface area contributed by atoms with Gasteiger partial charge < -0.3 is 9.47 Å². The smallest absolute Gasteiger partial charge is 0.205 e. The highest BCUT2D eigenvalue weighted by Crippen LogP contribution is 2.27. The molecule has 7 heteroatoms. The van der Waals surface area contributed by atoms with E-state index in [1.54, 1.807) is 43.9 Å². The molecule has 0 bridgehead atoms. The van der Waals surface area contributed by atoms with Crippen molar-refractivity contribution in [2.45, 2.75) is 6.92 Å². The molecule has 1 aromatic carbocycles. The molecule has 25 heavy (non-hydrogen) atoms. The molecule has 0 saturated heterocycles. The van der Waals surface area contributed by atoms with Crippen molar-refractivity contribution < 1.29 is 9.47 Å². The number of benzene rings is 1. The Morgan fingerprint density at radius 3 is 2.60 bits per heavy atom. The van der Waals surface area contributed by atoms with Crippen molar-refractivity contribution in [1.29, 1.82) is 0 Å². The van der Waals surface area contributed by atoms with Gasteiger partial charge in [0, 0.05) is 18.0 Å². The topological polar surface area (TPSA) is 48.1 Å². The van der Waals surface area contributed by atoms with Gasteiger partial charge in [0.1, 0.15) is 11.5 Å². The lowest BCUT2D eigenvalue weighted by atomic mass is 10.1. The molecule has 0 aliphatic rings. The number of ether oxygens (including phenoxy) is 2. The maximum absolute atomic E-state index is 5.48. The van der Waals surface area contributed by atoms with Gasteiger partial charge in [-0.3, -0.25) is 4.99 Å². The Morgan fingerprint density at radius 2 is 1.96 bits per heavy atom. The van der Waals surface area contributed by atoms with E-state index in [1.165, 1.54) is 0 Å². The minimum absolute atomic E-state index is 0.755. The number of thiazole rings is 1. The largest absolute Gasteiger partial charge is 0.497 e. The molecule has 5 nitrogen and oxygen atoms in total. The Bertz CT molecular complexity index is 953. The van der Waals surface area contributed by atoms with E-state index in [-0.39, 0.29) is 0 Å². The standard InChI is InChI=1S/C18H19N3O2S2/c1-12(14-10-13(22-3)7-8-16(14)23-4)20-21-15(11-25-18(21)19-2)17-6-5-9-24-17/h5-11H,1-4H3. The summed E-state index contributed by atoms with van der Waals surface area (Å²) in [5.74, 6) is 1.52. The Morgan fingerprint density at radius 1 is 1.12 bits per heavy atom. The molecule has 0 unspecified atom stereocenters. The quantitative estimate of drug-likeness (QED) is 0.632. The average Bonchev–Trinajstić information content (AvgIpc) is 3.30. The number of rotatable bonds is 5. The summed E-state index contributed by atoms with van der Waals surface area (Å²) < 4.78 is 12.7. The van der Waals surface area contributed by atoms with Crippen molar-refractivity contribution in [3.8, 4) is 22.1 Å². The van der Waals surface area contributed by atoms with Gasteiger partial charge in [0.25, 0.3) is 0 Å². The van der Waals surface area contributed by atoms with Gasteiger partial charge in [-0.05, 0) is 36.6 Å². The zero-order valence-corrected chi connectivity index (χ0v) is 16.1. The van der Waals surface area contributed by atoms with Crippen molar-refractivity contribution in [3.05, 3.63) is 51.5 Å². The zero-order chi connectivity index (χ0) is 17.8. The third-order valence-electron chi connectivity index (χ3n) is 3.70. The Kier molecular flexibility index (Phi) is 5.35. The second-order valence-electron chi connectivity index (χ2n) is 5.17. The maximum Gasteiger partial charge on any atom is 0.205 e. The number of thiophene rings is 1. The van der Waals surface area contributed by atoms with Crippen LogP contribution < -0.4 is 14.3 Å². The fourth-order valence-corrected chi connectivity index (χ4v) is 4.03. The van der Waals surface area contributed by atoms with Gasteiger partial charge in [-0.2, -0.15) is 5.10 Å². The molecule has 0 aliphatic carbocycles. The van der Waals surface area contributed by atoms with E-state index in [4.69, 9.17) is 14.6 Å².